The van der Waals surface area contributed by atoms with Gasteiger partial charge in [0.05, 0.1) is 0 Å². The monoisotopic (exact) mass is 134 g/mol. The van der Waals surface area contributed by atoms with Crippen LogP contribution in [0.15, 0.2) is 41.7 Å². The van der Waals surface area contributed by atoms with Crippen molar-refractivity contribution >= 4 is 0 Å². The lowest BCUT2D eigenvalue weighted by Crippen LogP contribution is -1.64. The Kier molecular flexibility index (Phi) is 5.51. The summed E-state index contributed by atoms with van der Waals surface area (Å²) in [6.45, 7) is 5.97. The van der Waals surface area contributed by atoms with E-state index in [0.29, 0.717) is 0 Å². The standard InChI is InChI=1S/C10H14/c1-4-7-10(8-5-2)9-6-3/h4-8H,1-3H3/b7-4-,8-5+. The van der Waals surface area contributed by atoms with E-state index >= 15 is 0 Å². The molecule has 0 unspecified atom stereocenters. The fourth-order valence-corrected chi connectivity index (χ4v) is 0.678. The summed E-state index contributed by atoms with van der Waals surface area (Å²) in [6.07, 6.45) is 9.98. The first kappa shape index (κ1) is 9.00. The van der Waals surface area contributed by atoms with Gasteiger partial charge >= 0.3 is 0 Å². The highest BCUT2D eigenvalue weighted by Crippen LogP contribution is 1.95. The largest absolute Gasteiger partial charge is 0.118 e. The molecular weight excluding hydrogens is 120 g/mol. The van der Waals surface area contributed by atoms with Gasteiger partial charge in [-0.15, -0.1) is 5.73 Å². The van der Waals surface area contributed by atoms with Crippen LogP contribution in [0.5, 0.6) is 0 Å². The van der Waals surface area contributed by atoms with E-state index in [2.05, 4.69) is 5.73 Å². The summed E-state index contributed by atoms with van der Waals surface area (Å²) in [5.41, 5.74) is 4.22. The van der Waals surface area contributed by atoms with Crippen molar-refractivity contribution < 1.29 is 0 Å². The van der Waals surface area contributed by atoms with Crippen LogP contribution >= 0.6 is 0 Å². The van der Waals surface area contributed by atoms with Crippen LogP contribution in [0.25, 0.3) is 0 Å². The van der Waals surface area contributed by atoms with Crippen LogP contribution in [0.2, 0.25) is 0 Å². The number of hydrogen-bond acceptors (Lipinski definition) is 0. The molecule has 0 saturated carbocycles. The molecule has 0 aliphatic carbocycles. The van der Waals surface area contributed by atoms with E-state index in [1.165, 1.54) is 0 Å². The topological polar surface area (TPSA) is 0 Å². The van der Waals surface area contributed by atoms with Gasteiger partial charge in [-0.2, -0.15) is 0 Å². The van der Waals surface area contributed by atoms with Gasteiger partial charge in [0.2, 0.25) is 0 Å². The summed E-state index contributed by atoms with van der Waals surface area (Å²) in [5, 5.41) is 0. The van der Waals surface area contributed by atoms with E-state index in [9.17, 15) is 0 Å². The van der Waals surface area contributed by atoms with Gasteiger partial charge in [0.15, 0.2) is 0 Å². The Labute approximate surface area is 63.3 Å². The quantitative estimate of drug-likeness (QED) is 0.401. The van der Waals surface area contributed by atoms with Gasteiger partial charge in [0, 0.05) is 5.57 Å². The molecule has 0 aromatic rings. The summed E-state index contributed by atoms with van der Waals surface area (Å²) in [6, 6.07) is 0. The number of allylic oxidation sites excluding steroid dienone is 5. The third-order valence-corrected chi connectivity index (χ3v) is 1.00. The zero-order chi connectivity index (χ0) is 7.82. The molecule has 0 amide bonds. The van der Waals surface area contributed by atoms with Crippen LogP contribution in [0.1, 0.15) is 20.8 Å². The van der Waals surface area contributed by atoms with Crippen molar-refractivity contribution in [1.82, 2.24) is 0 Å². The zero-order valence-corrected chi connectivity index (χ0v) is 6.89. The molecule has 0 aliphatic rings. The Balaban J connectivity index is 4.43. The highest BCUT2D eigenvalue weighted by molar-refractivity contribution is 5.29. The number of hydrogen-bond donors (Lipinski definition) is 0. The minimum absolute atomic E-state index is 1.12. The lowest BCUT2D eigenvalue weighted by molar-refractivity contribution is 1.60. The van der Waals surface area contributed by atoms with Crippen LogP contribution in [0.3, 0.4) is 0 Å². The van der Waals surface area contributed by atoms with Gasteiger partial charge < -0.3 is 0 Å². The van der Waals surface area contributed by atoms with Crippen molar-refractivity contribution in [1.29, 1.82) is 0 Å². The Morgan fingerprint density at radius 2 is 1.50 bits per heavy atom. The van der Waals surface area contributed by atoms with Crippen molar-refractivity contribution in [3.05, 3.63) is 41.7 Å². The molecule has 0 aliphatic heterocycles. The molecular formula is C10H14. The van der Waals surface area contributed by atoms with Gasteiger partial charge in [-0.05, 0) is 26.8 Å². The van der Waals surface area contributed by atoms with Crippen LogP contribution in [-0.2, 0) is 0 Å². The van der Waals surface area contributed by atoms with Gasteiger partial charge in [-0.1, -0.05) is 24.3 Å². The lowest BCUT2D eigenvalue weighted by Gasteiger charge is -1.83. The predicted molar refractivity (Wildman–Crippen MR) is 46.9 cm³/mol. The van der Waals surface area contributed by atoms with Crippen molar-refractivity contribution in [3.63, 3.8) is 0 Å². The highest BCUT2D eigenvalue weighted by atomic mass is 13.8. The molecule has 0 radical (unpaired) electrons. The van der Waals surface area contributed by atoms with Crippen molar-refractivity contribution in [2.75, 3.05) is 0 Å². The molecule has 0 nitrogen and oxygen atoms in total. The van der Waals surface area contributed by atoms with Crippen LogP contribution < -0.4 is 0 Å². The van der Waals surface area contributed by atoms with Gasteiger partial charge in [-0.3, -0.25) is 0 Å². The second kappa shape index (κ2) is 6.12. The van der Waals surface area contributed by atoms with Crippen molar-refractivity contribution in [2.24, 2.45) is 0 Å². The lowest BCUT2D eigenvalue weighted by atomic mass is 10.2. The van der Waals surface area contributed by atoms with E-state index in [0.717, 1.165) is 5.57 Å². The summed E-state index contributed by atoms with van der Waals surface area (Å²) in [5.74, 6) is 0. The van der Waals surface area contributed by atoms with Crippen molar-refractivity contribution in [2.45, 2.75) is 20.8 Å². The van der Waals surface area contributed by atoms with E-state index in [1.807, 2.05) is 51.2 Å². The van der Waals surface area contributed by atoms with E-state index < -0.39 is 0 Å². The molecule has 0 atom stereocenters. The molecule has 0 saturated heterocycles. The average Bonchev–Trinajstić information content (AvgIpc) is 1.90. The number of rotatable bonds is 2. The predicted octanol–water partition coefficient (Wildman–Crippen LogP) is 3.24. The molecule has 54 valence electrons. The maximum Gasteiger partial charge on any atom is 0.0154 e. The summed E-state index contributed by atoms with van der Waals surface area (Å²) < 4.78 is 0. The Morgan fingerprint density at radius 3 is 1.80 bits per heavy atom. The van der Waals surface area contributed by atoms with Crippen LogP contribution in [0, 0.1) is 0 Å². The Hall–Kier alpha value is -1.00. The average molecular weight is 134 g/mol. The SMILES string of the molecule is CC=C=C(/C=C\C)/C=C/C. The fourth-order valence-electron chi connectivity index (χ4n) is 0.678. The first-order valence-corrected chi connectivity index (χ1v) is 3.51. The van der Waals surface area contributed by atoms with Gasteiger partial charge in [0.1, 0.15) is 0 Å². The second-order valence-corrected chi connectivity index (χ2v) is 1.89. The highest BCUT2D eigenvalue weighted by Gasteiger charge is 1.76. The van der Waals surface area contributed by atoms with Crippen LogP contribution in [-0.4, -0.2) is 0 Å². The maximum atomic E-state index is 3.10. The third-order valence-electron chi connectivity index (χ3n) is 1.00. The first-order valence-electron chi connectivity index (χ1n) is 3.51. The van der Waals surface area contributed by atoms with E-state index in [1.54, 1.807) is 0 Å². The molecule has 0 rings (SSSR count). The summed E-state index contributed by atoms with van der Waals surface area (Å²) >= 11 is 0. The summed E-state index contributed by atoms with van der Waals surface area (Å²) in [4.78, 5) is 0. The molecule has 0 N–H and O–H groups in total. The van der Waals surface area contributed by atoms with Gasteiger partial charge in [-0.25, -0.2) is 0 Å². The van der Waals surface area contributed by atoms with E-state index in [-0.39, 0.29) is 0 Å². The van der Waals surface area contributed by atoms with Crippen molar-refractivity contribution in [3.8, 4) is 0 Å². The molecule has 0 aromatic heterocycles. The minimum atomic E-state index is 1.12. The zero-order valence-electron chi connectivity index (χ0n) is 6.89. The molecule has 0 heterocycles. The molecule has 0 aromatic carbocycles. The Morgan fingerprint density at radius 1 is 1.00 bits per heavy atom. The third kappa shape index (κ3) is 3.94. The Bertz CT molecular complexity index is 172. The maximum absolute atomic E-state index is 3.10. The molecule has 10 heavy (non-hydrogen) atoms. The second-order valence-electron chi connectivity index (χ2n) is 1.89. The fraction of sp³-hybridized carbons (Fsp3) is 0.300. The van der Waals surface area contributed by atoms with Crippen LogP contribution in [0.4, 0.5) is 0 Å². The van der Waals surface area contributed by atoms with Gasteiger partial charge in [0.25, 0.3) is 0 Å². The normalized spacial score (nSPS) is 10.3. The molecule has 0 bridgehead atoms. The molecule has 0 spiro atoms. The summed E-state index contributed by atoms with van der Waals surface area (Å²) in [7, 11) is 0. The smallest absolute Gasteiger partial charge is 0.0154 e. The molecule has 0 fully saturated rings. The minimum Gasteiger partial charge on any atom is -0.118 e. The van der Waals surface area contributed by atoms with E-state index in [4.69, 9.17) is 0 Å². The molecule has 0 heteroatoms. The first-order chi connectivity index (χ1) is 4.85.